The summed E-state index contributed by atoms with van der Waals surface area (Å²) in [5.74, 6) is -0.613. The second-order valence-electron chi connectivity index (χ2n) is 4.13. The zero-order valence-electron chi connectivity index (χ0n) is 10.6. The van der Waals surface area contributed by atoms with Crippen molar-refractivity contribution in [3.8, 4) is 0 Å². The van der Waals surface area contributed by atoms with Gasteiger partial charge in [0.05, 0.1) is 7.11 Å². The van der Waals surface area contributed by atoms with Gasteiger partial charge in [-0.25, -0.2) is 0 Å². The van der Waals surface area contributed by atoms with Gasteiger partial charge in [-0.3, -0.25) is 9.59 Å². The number of aromatic nitrogens is 1. The van der Waals surface area contributed by atoms with E-state index in [4.69, 9.17) is 0 Å². The zero-order chi connectivity index (χ0) is 13.0. The molecule has 0 aliphatic rings. The van der Waals surface area contributed by atoms with Gasteiger partial charge in [-0.1, -0.05) is 0 Å². The van der Waals surface area contributed by atoms with Crippen molar-refractivity contribution in [1.82, 2.24) is 9.47 Å². The molecule has 0 aromatic carbocycles. The van der Waals surface area contributed by atoms with Gasteiger partial charge < -0.3 is 14.2 Å². The van der Waals surface area contributed by atoms with Gasteiger partial charge in [-0.2, -0.15) is 0 Å². The second-order valence-corrected chi connectivity index (χ2v) is 4.13. The minimum Gasteiger partial charge on any atom is -0.468 e. The molecule has 94 valence electrons. The lowest BCUT2D eigenvalue weighted by molar-refractivity contribution is -0.141. The lowest BCUT2D eigenvalue weighted by Crippen LogP contribution is -2.34. The number of hydrogen-bond acceptors (Lipinski definition) is 3. The molecule has 0 spiro atoms. The molecule has 0 saturated carbocycles. The topological polar surface area (TPSA) is 51.5 Å². The molecule has 0 N–H and O–H groups in total. The first-order chi connectivity index (χ1) is 7.97. The fourth-order valence-electron chi connectivity index (χ4n) is 1.55. The number of rotatable bonds is 4. The summed E-state index contributed by atoms with van der Waals surface area (Å²) in [6.45, 7) is 3.95. The summed E-state index contributed by atoms with van der Waals surface area (Å²) >= 11 is 0. The van der Waals surface area contributed by atoms with Crippen molar-refractivity contribution in [2.75, 3.05) is 20.7 Å². The molecule has 1 aromatic rings. The molecule has 5 nitrogen and oxygen atoms in total. The Bertz CT molecular complexity index is 410. The lowest BCUT2D eigenvalue weighted by Gasteiger charge is -2.18. The number of carbonyl (C=O) groups is 2. The maximum absolute atomic E-state index is 12.1. The Morgan fingerprint density at radius 1 is 1.47 bits per heavy atom. The second kappa shape index (κ2) is 5.52. The first-order valence-corrected chi connectivity index (χ1v) is 5.46. The van der Waals surface area contributed by atoms with E-state index in [0.29, 0.717) is 5.69 Å². The normalized spacial score (nSPS) is 10.4. The third kappa shape index (κ3) is 3.09. The molecule has 1 rings (SSSR count). The van der Waals surface area contributed by atoms with Crippen LogP contribution in [0.25, 0.3) is 0 Å². The number of nitrogens with zero attached hydrogens (tertiary/aromatic N) is 2. The lowest BCUT2D eigenvalue weighted by atomic mass is 10.3. The van der Waals surface area contributed by atoms with E-state index in [9.17, 15) is 9.59 Å². The van der Waals surface area contributed by atoms with E-state index in [-0.39, 0.29) is 18.5 Å². The molecule has 1 aromatic heterocycles. The van der Waals surface area contributed by atoms with Gasteiger partial charge in [0.2, 0.25) is 0 Å². The molecule has 5 heteroatoms. The van der Waals surface area contributed by atoms with E-state index in [1.165, 1.54) is 12.0 Å². The Balaban J connectivity index is 2.82. The molecule has 1 amide bonds. The van der Waals surface area contributed by atoms with Crippen molar-refractivity contribution >= 4 is 11.9 Å². The Labute approximate surface area is 101 Å². The van der Waals surface area contributed by atoms with Crippen LogP contribution in [0.5, 0.6) is 0 Å². The van der Waals surface area contributed by atoms with Gasteiger partial charge in [0.25, 0.3) is 5.91 Å². The Morgan fingerprint density at radius 3 is 2.65 bits per heavy atom. The van der Waals surface area contributed by atoms with E-state index in [1.807, 2.05) is 30.7 Å². The van der Waals surface area contributed by atoms with Gasteiger partial charge in [0, 0.05) is 19.3 Å². The standard InChI is InChI=1S/C12H18N2O3/c1-9(2)14-7-5-6-10(14)12(16)13(3)8-11(15)17-4/h5-7,9H,8H2,1-4H3. The summed E-state index contributed by atoms with van der Waals surface area (Å²) in [5, 5.41) is 0. The summed E-state index contributed by atoms with van der Waals surface area (Å²) in [6.07, 6.45) is 1.85. The van der Waals surface area contributed by atoms with Crippen molar-refractivity contribution in [2.45, 2.75) is 19.9 Å². The number of esters is 1. The average molecular weight is 238 g/mol. The van der Waals surface area contributed by atoms with Crippen LogP contribution in [0.1, 0.15) is 30.4 Å². The highest BCUT2D eigenvalue weighted by Crippen LogP contribution is 2.12. The van der Waals surface area contributed by atoms with Gasteiger partial charge in [-0.05, 0) is 26.0 Å². The van der Waals surface area contributed by atoms with E-state index in [1.54, 1.807) is 13.1 Å². The van der Waals surface area contributed by atoms with Crippen LogP contribution in [0.15, 0.2) is 18.3 Å². The van der Waals surface area contributed by atoms with Gasteiger partial charge in [0.15, 0.2) is 0 Å². The molecule has 0 atom stereocenters. The van der Waals surface area contributed by atoms with Crippen LogP contribution in [0.2, 0.25) is 0 Å². The van der Waals surface area contributed by atoms with E-state index in [2.05, 4.69) is 4.74 Å². The fourth-order valence-corrected chi connectivity index (χ4v) is 1.55. The number of methoxy groups -OCH3 is 1. The van der Waals surface area contributed by atoms with Gasteiger partial charge in [0.1, 0.15) is 12.2 Å². The highest BCUT2D eigenvalue weighted by Gasteiger charge is 2.18. The number of carbonyl (C=O) groups excluding carboxylic acids is 2. The molecule has 0 unspecified atom stereocenters. The van der Waals surface area contributed by atoms with Crippen LogP contribution >= 0.6 is 0 Å². The molecular weight excluding hydrogens is 220 g/mol. The average Bonchev–Trinajstić information content (AvgIpc) is 2.76. The zero-order valence-corrected chi connectivity index (χ0v) is 10.6. The molecule has 17 heavy (non-hydrogen) atoms. The largest absolute Gasteiger partial charge is 0.468 e. The molecular formula is C12H18N2O3. The maximum Gasteiger partial charge on any atom is 0.325 e. The minimum absolute atomic E-state index is 0.0430. The Hall–Kier alpha value is -1.78. The highest BCUT2D eigenvalue weighted by atomic mass is 16.5. The molecule has 0 fully saturated rings. The van der Waals surface area contributed by atoms with Gasteiger partial charge in [-0.15, -0.1) is 0 Å². The predicted molar refractivity (Wildman–Crippen MR) is 63.8 cm³/mol. The third-order valence-electron chi connectivity index (χ3n) is 2.50. The first-order valence-electron chi connectivity index (χ1n) is 5.46. The number of hydrogen-bond donors (Lipinski definition) is 0. The molecule has 0 saturated heterocycles. The summed E-state index contributed by atoms with van der Waals surface area (Å²) in [7, 11) is 2.88. The van der Waals surface area contributed by atoms with Crippen LogP contribution in [-0.2, 0) is 9.53 Å². The third-order valence-corrected chi connectivity index (χ3v) is 2.50. The Kier molecular flexibility index (Phi) is 4.31. The van der Waals surface area contributed by atoms with Crippen molar-refractivity contribution in [3.05, 3.63) is 24.0 Å². The summed E-state index contributed by atoms with van der Waals surface area (Å²) in [5.41, 5.74) is 0.575. The fraction of sp³-hybridized carbons (Fsp3) is 0.500. The van der Waals surface area contributed by atoms with Crippen molar-refractivity contribution in [1.29, 1.82) is 0 Å². The maximum atomic E-state index is 12.1. The predicted octanol–water partition coefficient (Wildman–Crippen LogP) is 1.31. The van der Waals surface area contributed by atoms with Crippen LogP contribution in [0, 0.1) is 0 Å². The Morgan fingerprint density at radius 2 is 2.12 bits per heavy atom. The van der Waals surface area contributed by atoms with Crippen LogP contribution in [-0.4, -0.2) is 42.0 Å². The van der Waals surface area contributed by atoms with Crippen molar-refractivity contribution in [2.24, 2.45) is 0 Å². The van der Waals surface area contributed by atoms with Crippen molar-refractivity contribution in [3.63, 3.8) is 0 Å². The van der Waals surface area contributed by atoms with Crippen molar-refractivity contribution < 1.29 is 14.3 Å². The highest BCUT2D eigenvalue weighted by molar-refractivity contribution is 5.94. The summed E-state index contributed by atoms with van der Waals surface area (Å²) in [6, 6.07) is 3.77. The number of ether oxygens (including phenoxy) is 1. The van der Waals surface area contributed by atoms with E-state index >= 15 is 0 Å². The molecule has 0 radical (unpaired) electrons. The van der Waals surface area contributed by atoms with E-state index in [0.717, 1.165) is 0 Å². The van der Waals surface area contributed by atoms with Crippen LogP contribution < -0.4 is 0 Å². The molecule has 0 aliphatic heterocycles. The summed E-state index contributed by atoms with van der Waals surface area (Å²) in [4.78, 5) is 24.5. The minimum atomic E-state index is -0.427. The SMILES string of the molecule is COC(=O)CN(C)C(=O)c1cccn1C(C)C. The number of amides is 1. The molecule has 0 bridgehead atoms. The quantitative estimate of drug-likeness (QED) is 0.743. The first kappa shape index (κ1) is 13.3. The van der Waals surface area contributed by atoms with Crippen LogP contribution in [0.4, 0.5) is 0 Å². The smallest absolute Gasteiger partial charge is 0.325 e. The number of likely N-dealkylation sites (N-methyl/N-ethyl adjacent to an activating group) is 1. The molecule has 1 heterocycles. The van der Waals surface area contributed by atoms with Crippen LogP contribution in [0.3, 0.4) is 0 Å². The van der Waals surface area contributed by atoms with E-state index < -0.39 is 5.97 Å². The monoisotopic (exact) mass is 238 g/mol. The van der Waals surface area contributed by atoms with Gasteiger partial charge >= 0.3 is 5.97 Å². The molecule has 0 aliphatic carbocycles. The summed E-state index contributed by atoms with van der Waals surface area (Å²) < 4.78 is 6.40.